The van der Waals surface area contributed by atoms with Crippen molar-refractivity contribution in [3.05, 3.63) is 17.6 Å². The third-order valence-corrected chi connectivity index (χ3v) is 6.57. The van der Waals surface area contributed by atoms with E-state index in [-0.39, 0.29) is 18.3 Å². The van der Waals surface area contributed by atoms with E-state index in [2.05, 4.69) is 15.6 Å². The van der Waals surface area contributed by atoms with Crippen molar-refractivity contribution in [1.82, 2.24) is 14.9 Å². The first-order valence-electron chi connectivity index (χ1n) is 10.2. The molecule has 1 amide bonds. The molecule has 2 N–H and O–H groups in total. The summed E-state index contributed by atoms with van der Waals surface area (Å²) in [6.45, 7) is 3.32. The van der Waals surface area contributed by atoms with Crippen LogP contribution in [0, 0.1) is 0 Å². The number of hydrogen-bond donors (Lipinski definition) is 2. The average Bonchev–Trinajstić information content (AvgIpc) is 3.04. The zero-order valence-electron chi connectivity index (χ0n) is 18.0. The minimum atomic E-state index is -2.55. The summed E-state index contributed by atoms with van der Waals surface area (Å²) in [6, 6.07) is 0. The highest BCUT2D eigenvalue weighted by Crippen LogP contribution is 2.24. The van der Waals surface area contributed by atoms with Gasteiger partial charge in [-0.2, -0.15) is 0 Å². The number of carbonyl (C=O) groups is 2. The van der Waals surface area contributed by atoms with Gasteiger partial charge in [-0.3, -0.25) is 13.8 Å². The lowest BCUT2D eigenvalue weighted by Gasteiger charge is -2.33. The van der Waals surface area contributed by atoms with E-state index in [1.54, 1.807) is 11.6 Å². The van der Waals surface area contributed by atoms with Crippen LogP contribution in [0.5, 0.6) is 0 Å². The molecule has 0 spiro atoms. The highest BCUT2D eigenvalue weighted by atomic mass is 32.2. The summed E-state index contributed by atoms with van der Waals surface area (Å²) in [6.07, 6.45) is 2.07. The molecule has 0 saturated carbocycles. The number of nitrogens with zero attached hydrogens (tertiary/aromatic N) is 2. The number of hydrogen-bond acceptors (Lipinski definition) is 6. The number of alkyl halides is 2. The first-order chi connectivity index (χ1) is 14.7. The predicted molar refractivity (Wildman–Crippen MR) is 116 cm³/mol. The van der Waals surface area contributed by atoms with Gasteiger partial charge < -0.3 is 19.9 Å². The Bertz CT molecular complexity index is 818. The third kappa shape index (κ3) is 7.20. The molecule has 1 unspecified atom stereocenters. The Morgan fingerprint density at radius 2 is 2.06 bits per heavy atom. The maximum Gasteiger partial charge on any atom is 0.287 e. The van der Waals surface area contributed by atoms with Gasteiger partial charge in [-0.15, -0.1) is 0 Å². The molecule has 1 aliphatic heterocycles. The van der Waals surface area contributed by atoms with Gasteiger partial charge in [0.25, 0.3) is 12.3 Å². The molecule has 1 aromatic heterocycles. The zero-order valence-corrected chi connectivity index (χ0v) is 18.8. The quantitative estimate of drug-likeness (QED) is 0.388. The van der Waals surface area contributed by atoms with Crippen molar-refractivity contribution in [2.24, 2.45) is 7.05 Å². The number of aldehydes is 1. The number of halogens is 2. The first kappa shape index (κ1) is 25.1. The largest absolute Gasteiger partial charge is 0.370 e. The molecule has 0 radical (unpaired) electrons. The summed E-state index contributed by atoms with van der Waals surface area (Å²) in [4.78, 5) is 28.1. The molecule has 1 atom stereocenters. The zero-order chi connectivity index (χ0) is 23.0. The third-order valence-electron chi connectivity index (χ3n) is 5.25. The van der Waals surface area contributed by atoms with Gasteiger partial charge in [-0.1, -0.05) is 6.92 Å². The normalized spacial score (nSPS) is 22.6. The molecule has 1 saturated heterocycles. The highest BCUT2D eigenvalue weighted by molar-refractivity contribution is 7.85. The summed E-state index contributed by atoms with van der Waals surface area (Å²) in [5.41, 5.74) is -0.0990. The summed E-state index contributed by atoms with van der Waals surface area (Å²) >= 11 is 0. The van der Waals surface area contributed by atoms with Gasteiger partial charge in [0.15, 0.2) is 0 Å². The van der Waals surface area contributed by atoms with E-state index >= 15 is 0 Å². The number of allylic oxidation sites excluding steroid dienone is 1. The Hall–Kier alpha value is -2.14. The van der Waals surface area contributed by atoms with Crippen LogP contribution in [-0.2, 0) is 27.4 Å². The Morgan fingerprint density at radius 1 is 1.39 bits per heavy atom. The van der Waals surface area contributed by atoms with E-state index in [4.69, 9.17) is 4.74 Å². The van der Waals surface area contributed by atoms with E-state index in [9.17, 15) is 22.6 Å². The Morgan fingerprint density at radius 3 is 2.65 bits per heavy atom. The summed E-state index contributed by atoms with van der Waals surface area (Å²) in [7, 11) is 0.804. The Kier molecular flexibility index (Phi) is 9.30. The van der Waals surface area contributed by atoms with Crippen molar-refractivity contribution in [2.45, 2.75) is 51.2 Å². The summed E-state index contributed by atoms with van der Waals surface area (Å²) in [5.74, 6) is 1.30. The van der Waals surface area contributed by atoms with Crippen LogP contribution in [0.15, 0.2) is 6.08 Å². The minimum Gasteiger partial charge on any atom is -0.370 e. The van der Waals surface area contributed by atoms with Crippen LogP contribution < -0.4 is 10.6 Å². The fourth-order valence-corrected chi connectivity index (χ4v) is 4.84. The van der Waals surface area contributed by atoms with Gasteiger partial charge in [0.1, 0.15) is 24.4 Å². The number of amides is 1. The van der Waals surface area contributed by atoms with E-state index in [1.807, 2.05) is 13.8 Å². The summed E-state index contributed by atoms with van der Waals surface area (Å²) < 4.78 is 43.3. The fourth-order valence-electron chi connectivity index (χ4n) is 3.28. The molecule has 2 rings (SSSR count). The Balaban J connectivity index is 2.18. The molecule has 0 aromatic carbocycles. The minimum absolute atomic E-state index is 0.141. The van der Waals surface area contributed by atoms with Crippen LogP contribution in [0.1, 0.15) is 49.4 Å². The lowest BCUT2D eigenvalue weighted by Crippen LogP contribution is -2.50. The molecule has 8 nitrogen and oxygen atoms in total. The molecule has 1 aliphatic rings. The molecular formula is C20H30F2N4O4S. The fraction of sp³-hybridized carbons (Fsp3) is 0.650. The van der Waals surface area contributed by atoms with Crippen molar-refractivity contribution in [1.29, 1.82) is 0 Å². The van der Waals surface area contributed by atoms with Crippen LogP contribution in [0.2, 0.25) is 0 Å². The lowest BCUT2D eigenvalue weighted by molar-refractivity contribution is -0.104. The van der Waals surface area contributed by atoms with Crippen molar-refractivity contribution >= 4 is 34.9 Å². The van der Waals surface area contributed by atoms with E-state index in [0.717, 1.165) is 0 Å². The Labute approximate surface area is 183 Å². The number of nitrogens with one attached hydrogen (secondary N) is 2. The SMILES string of the molecule is CCC(CNc1c(/C=C\C=O)nc(C(=O)NC2(C)CCS(=O)CC2)n1C)OCC(F)F. The number of carbonyl (C=O) groups excluding carboxylic acids is 2. The standard InChI is InChI=1S/C20H30F2N4O4S/c1-4-14(30-13-16(21)22)12-23-17-15(6-5-9-27)24-18(26(17)3)19(28)25-20(2)7-10-31(29)11-8-20/h5-6,9,14,16,23H,4,7-8,10-13H2,1-3H3,(H,25,28)/b6-5-. The number of rotatable bonds is 11. The molecule has 174 valence electrons. The molecule has 0 bridgehead atoms. The number of aromatic nitrogens is 2. The monoisotopic (exact) mass is 460 g/mol. The maximum absolute atomic E-state index is 12.9. The lowest BCUT2D eigenvalue weighted by atomic mass is 9.95. The van der Waals surface area contributed by atoms with Crippen molar-refractivity contribution in [3.8, 4) is 0 Å². The second kappa shape index (κ2) is 11.5. The van der Waals surface area contributed by atoms with Crippen molar-refractivity contribution < 1.29 is 27.3 Å². The molecule has 1 aromatic rings. The molecule has 11 heteroatoms. The molecule has 0 aliphatic carbocycles. The van der Waals surface area contributed by atoms with Gasteiger partial charge >= 0.3 is 0 Å². The van der Waals surface area contributed by atoms with E-state index < -0.39 is 35.5 Å². The number of imidazole rings is 1. The van der Waals surface area contributed by atoms with Gasteiger partial charge in [0, 0.05) is 41.4 Å². The maximum atomic E-state index is 12.9. The van der Waals surface area contributed by atoms with E-state index in [1.165, 1.54) is 12.2 Å². The topological polar surface area (TPSA) is 102 Å². The van der Waals surface area contributed by atoms with Gasteiger partial charge in [0.05, 0.1) is 6.10 Å². The van der Waals surface area contributed by atoms with Crippen LogP contribution in [0.3, 0.4) is 0 Å². The van der Waals surface area contributed by atoms with Gasteiger partial charge in [-0.25, -0.2) is 13.8 Å². The molecular weight excluding hydrogens is 430 g/mol. The predicted octanol–water partition coefficient (Wildman–Crippen LogP) is 2.14. The molecule has 1 fully saturated rings. The van der Waals surface area contributed by atoms with Gasteiger partial charge in [0.2, 0.25) is 5.82 Å². The van der Waals surface area contributed by atoms with Crippen LogP contribution >= 0.6 is 0 Å². The van der Waals surface area contributed by atoms with Crippen LogP contribution in [-0.4, -0.2) is 68.7 Å². The van der Waals surface area contributed by atoms with E-state index in [0.29, 0.717) is 48.6 Å². The number of anilines is 1. The summed E-state index contributed by atoms with van der Waals surface area (Å²) in [5, 5.41) is 6.09. The van der Waals surface area contributed by atoms with Crippen LogP contribution in [0.4, 0.5) is 14.6 Å². The average molecular weight is 461 g/mol. The second-order valence-corrected chi connectivity index (χ2v) is 9.42. The smallest absolute Gasteiger partial charge is 0.287 e. The molecule has 31 heavy (non-hydrogen) atoms. The van der Waals surface area contributed by atoms with Crippen molar-refractivity contribution in [2.75, 3.05) is 30.0 Å². The second-order valence-electron chi connectivity index (χ2n) is 7.72. The number of ether oxygens (including phenoxy) is 1. The van der Waals surface area contributed by atoms with Crippen LogP contribution in [0.25, 0.3) is 6.08 Å². The van der Waals surface area contributed by atoms with Crippen molar-refractivity contribution in [3.63, 3.8) is 0 Å². The molecule has 2 heterocycles. The highest BCUT2D eigenvalue weighted by Gasteiger charge is 2.33. The van der Waals surface area contributed by atoms with Gasteiger partial charge in [-0.05, 0) is 38.3 Å². The first-order valence-corrected chi connectivity index (χ1v) is 11.7.